The van der Waals surface area contributed by atoms with E-state index < -0.39 is 0 Å². The molecule has 1 unspecified atom stereocenters. The Balaban J connectivity index is 2.32. The van der Waals surface area contributed by atoms with Crippen molar-refractivity contribution in [2.24, 2.45) is 5.92 Å². The average Bonchev–Trinajstić information content (AvgIpc) is 2.30. The molecule has 4 heteroatoms. The highest BCUT2D eigenvalue weighted by atomic mass is 79.9. The fourth-order valence-corrected chi connectivity index (χ4v) is 2.33. The summed E-state index contributed by atoms with van der Waals surface area (Å²) in [6.45, 7) is 2.86. The zero-order valence-corrected chi connectivity index (χ0v) is 12.2. The van der Waals surface area contributed by atoms with Gasteiger partial charge in [0, 0.05) is 16.9 Å². The van der Waals surface area contributed by atoms with Gasteiger partial charge < -0.3 is 5.32 Å². The maximum absolute atomic E-state index is 11.7. The Morgan fingerprint density at radius 2 is 2.06 bits per heavy atom. The number of rotatable bonds is 6. The van der Waals surface area contributed by atoms with E-state index >= 15 is 0 Å². The smallest absolute Gasteiger partial charge is 0.224 e. The summed E-state index contributed by atoms with van der Waals surface area (Å²) in [6, 6.07) is 7.36. The lowest BCUT2D eigenvalue weighted by molar-refractivity contribution is -0.120. The van der Waals surface area contributed by atoms with E-state index in [1.807, 2.05) is 12.1 Å². The van der Waals surface area contributed by atoms with Crippen molar-refractivity contribution >= 4 is 33.4 Å². The molecule has 0 aliphatic heterocycles. The zero-order valence-electron chi connectivity index (χ0n) is 9.88. The van der Waals surface area contributed by atoms with E-state index in [4.69, 9.17) is 11.6 Å². The first-order valence-electron chi connectivity index (χ1n) is 5.69. The number of hydrogen-bond donors (Lipinski definition) is 1. The summed E-state index contributed by atoms with van der Waals surface area (Å²) >= 11 is 9.17. The number of alkyl halides is 1. The van der Waals surface area contributed by atoms with Gasteiger partial charge in [0.05, 0.1) is 6.42 Å². The molecule has 1 atom stereocenters. The molecule has 17 heavy (non-hydrogen) atoms. The Morgan fingerprint density at radius 1 is 1.41 bits per heavy atom. The van der Waals surface area contributed by atoms with Crippen LogP contribution in [0.5, 0.6) is 0 Å². The van der Waals surface area contributed by atoms with Crippen molar-refractivity contribution in [3.63, 3.8) is 0 Å². The highest BCUT2D eigenvalue weighted by molar-refractivity contribution is 9.09. The van der Waals surface area contributed by atoms with Crippen LogP contribution in [0.3, 0.4) is 0 Å². The van der Waals surface area contributed by atoms with E-state index in [9.17, 15) is 4.79 Å². The molecular weight excluding hydrogens is 302 g/mol. The molecule has 0 radical (unpaired) electrons. The van der Waals surface area contributed by atoms with Gasteiger partial charge in [0.15, 0.2) is 0 Å². The van der Waals surface area contributed by atoms with Crippen LogP contribution >= 0.6 is 27.5 Å². The normalized spacial score (nSPS) is 12.2. The molecule has 1 N–H and O–H groups in total. The predicted octanol–water partition coefficient (Wildman–Crippen LogP) is 3.42. The van der Waals surface area contributed by atoms with Crippen LogP contribution in [0, 0.1) is 5.92 Å². The number of halogens is 2. The Hall–Kier alpha value is -0.540. The van der Waals surface area contributed by atoms with E-state index in [2.05, 4.69) is 28.2 Å². The molecule has 1 aromatic rings. The Morgan fingerprint density at radius 3 is 2.65 bits per heavy atom. The molecule has 0 aliphatic carbocycles. The maximum atomic E-state index is 11.7. The van der Waals surface area contributed by atoms with Crippen molar-refractivity contribution < 1.29 is 4.79 Å². The van der Waals surface area contributed by atoms with Crippen LogP contribution < -0.4 is 5.32 Å². The standard InChI is InChI=1S/C13H17BrClNO/c1-10(6-7-14)9-16-13(17)8-11-2-4-12(15)5-3-11/h2-5,10H,6-9H2,1H3,(H,16,17). The van der Waals surface area contributed by atoms with E-state index in [1.54, 1.807) is 12.1 Å². The number of carbonyl (C=O) groups is 1. The summed E-state index contributed by atoms with van der Waals surface area (Å²) in [5.41, 5.74) is 0.986. The topological polar surface area (TPSA) is 29.1 Å². The number of benzene rings is 1. The minimum atomic E-state index is 0.0637. The molecule has 1 amide bonds. The summed E-state index contributed by atoms with van der Waals surface area (Å²) in [5, 5.41) is 4.61. The Bertz CT molecular complexity index is 353. The fourth-order valence-electron chi connectivity index (χ4n) is 1.43. The summed E-state index contributed by atoms with van der Waals surface area (Å²) in [4.78, 5) is 11.7. The van der Waals surface area contributed by atoms with Crippen LogP contribution in [0.2, 0.25) is 5.02 Å². The maximum Gasteiger partial charge on any atom is 0.224 e. The molecule has 1 rings (SSSR count). The van der Waals surface area contributed by atoms with Gasteiger partial charge in [0.1, 0.15) is 0 Å². The molecular formula is C13H17BrClNO. The third-order valence-corrected chi connectivity index (χ3v) is 3.24. The van der Waals surface area contributed by atoms with E-state index in [1.165, 1.54) is 0 Å². The average molecular weight is 319 g/mol. The lowest BCUT2D eigenvalue weighted by Gasteiger charge is -2.11. The SMILES string of the molecule is CC(CCBr)CNC(=O)Cc1ccc(Cl)cc1. The number of carbonyl (C=O) groups excluding carboxylic acids is 1. The Kier molecular flexibility index (Phi) is 6.60. The number of nitrogens with one attached hydrogen (secondary N) is 1. The first kappa shape index (κ1) is 14.5. The van der Waals surface area contributed by atoms with Crippen LogP contribution in [0.25, 0.3) is 0 Å². The monoisotopic (exact) mass is 317 g/mol. The van der Waals surface area contributed by atoms with Gasteiger partial charge in [-0.3, -0.25) is 4.79 Å². The van der Waals surface area contributed by atoms with Crippen LogP contribution in [0.1, 0.15) is 18.9 Å². The summed E-state index contributed by atoms with van der Waals surface area (Å²) in [5.74, 6) is 0.567. The summed E-state index contributed by atoms with van der Waals surface area (Å²) in [6.07, 6.45) is 1.49. The molecule has 1 aromatic carbocycles. The second-order valence-corrected chi connectivity index (χ2v) is 5.42. The van der Waals surface area contributed by atoms with Gasteiger partial charge >= 0.3 is 0 Å². The van der Waals surface area contributed by atoms with Crippen LogP contribution in [-0.2, 0) is 11.2 Å². The highest BCUT2D eigenvalue weighted by Gasteiger charge is 2.06. The zero-order chi connectivity index (χ0) is 12.7. The van der Waals surface area contributed by atoms with E-state index in [0.717, 1.165) is 23.9 Å². The van der Waals surface area contributed by atoms with E-state index in [-0.39, 0.29) is 5.91 Å². The minimum Gasteiger partial charge on any atom is -0.356 e. The van der Waals surface area contributed by atoms with Gasteiger partial charge in [-0.05, 0) is 30.0 Å². The van der Waals surface area contributed by atoms with Crippen molar-refractivity contribution in [1.29, 1.82) is 0 Å². The molecule has 0 fully saturated rings. The highest BCUT2D eigenvalue weighted by Crippen LogP contribution is 2.10. The second kappa shape index (κ2) is 7.72. The van der Waals surface area contributed by atoms with Crippen molar-refractivity contribution in [2.45, 2.75) is 19.8 Å². The summed E-state index contributed by atoms with van der Waals surface area (Å²) < 4.78 is 0. The lowest BCUT2D eigenvalue weighted by Crippen LogP contribution is -2.29. The molecule has 0 saturated heterocycles. The van der Waals surface area contributed by atoms with Crippen molar-refractivity contribution in [3.05, 3.63) is 34.9 Å². The molecule has 0 aliphatic rings. The first-order valence-corrected chi connectivity index (χ1v) is 7.19. The number of hydrogen-bond acceptors (Lipinski definition) is 1. The quantitative estimate of drug-likeness (QED) is 0.800. The van der Waals surface area contributed by atoms with Gasteiger partial charge in [-0.15, -0.1) is 0 Å². The fraction of sp³-hybridized carbons (Fsp3) is 0.462. The second-order valence-electron chi connectivity index (χ2n) is 4.19. The van der Waals surface area contributed by atoms with Crippen molar-refractivity contribution in [2.75, 3.05) is 11.9 Å². The molecule has 0 bridgehead atoms. The van der Waals surface area contributed by atoms with Crippen LogP contribution in [-0.4, -0.2) is 17.8 Å². The summed E-state index contributed by atoms with van der Waals surface area (Å²) in [7, 11) is 0. The van der Waals surface area contributed by atoms with E-state index in [0.29, 0.717) is 17.4 Å². The van der Waals surface area contributed by atoms with Crippen molar-refractivity contribution in [1.82, 2.24) is 5.32 Å². The van der Waals surface area contributed by atoms with Gasteiger partial charge in [-0.1, -0.05) is 46.6 Å². The van der Waals surface area contributed by atoms with Gasteiger partial charge in [-0.2, -0.15) is 0 Å². The molecule has 94 valence electrons. The third-order valence-electron chi connectivity index (χ3n) is 2.53. The van der Waals surface area contributed by atoms with Gasteiger partial charge in [-0.25, -0.2) is 0 Å². The molecule has 0 aromatic heterocycles. The van der Waals surface area contributed by atoms with Gasteiger partial charge in [0.2, 0.25) is 5.91 Å². The van der Waals surface area contributed by atoms with Crippen molar-refractivity contribution in [3.8, 4) is 0 Å². The van der Waals surface area contributed by atoms with Crippen LogP contribution in [0.4, 0.5) is 0 Å². The Labute approximate surface area is 116 Å². The lowest BCUT2D eigenvalue weighted by atomic mass is 10.1. The van der Waals surface area contributed by atoms with Gasteiger partial charge in [0.25, 0.3) is 0 Å². The molecule has 0 spiro atoms. The van der Waals surface area contributed by atoms with Crippen LogP contribution in [0.15, 0.2) is 24.3 Å². The predicted molar refractivity (Wildman–Crippen MR) is 75.7 cm³/mol. The molecule has 0 heterocycles. The molecule has 0 saturated carbocycles. The minimum absolute atomic E-state index is 0.0637. The third kappa shape index (κ3) is 6.08. The largest absolute Gasteiger partial charge is 0.356 e. The first-order chi connectivity index (χ1) is 8.11. The molecule has 2 nitrogen and oxygen atoms in total. The number of amides is 1.